The first-order chi connectivity index (χ1) is 14.0. The van der Waals surface area contributed by atoms with Crippen molar-refractivity contribution < 1.29 is 4.79 Å². The lowest BCUT2D eigenvalue weighted by Gasteiger charge is -2.11. The third-order valence-electron chi connectivity index (χ3n) is 5.18. The zero-order chi connectivity index (χ0) is 21.4. The Hall–Kier alpha value is -2.32. The summed E-state index contributed by atoms with van der Waals surface area (Å²) in [7, 11) is 4.22. The summed E-state index contributed by atoms with van der Waals surface area (Å²) in [5.41, 5.74) is 7.65. The van der Waals surface area contributed by atoms with E-state index in [1.165, 1.54) is 19.2 Å². The molecule has 8 nitrogen and oxygen atoms in total. The van der Waals surface area contributed by atoms with E-state index in [4.69, 9.17) is 5.73 Å². The Bertz CT molecular complexity index is 813. The van der Waals surface area contributed by atoms with Crippen LogP contribution in [-0.2, 0) is 4.79 Å². The average Bonchev–Trinajstić information content (AvgIpc) is 3.40. The molecule has 1 aliphatic heterocycles. The number of aldehydes is 1. The van der Waals surface area contributed by atoms with Gasteiger partial charge in [-0.1, -0.05) is 19.9 Å². The first kappa shape index (κ1) is 23.0. The van der Waals surface area contributed by atoms with Gasteiger partial charge in [0.25, 0.3) is 0 Å². The van der Waals surface area contributed by atoms with E-state index in [1.54, 1.807) is 6.08 Å². The van der Waals surface area contributed by atoms with Crippen molar-refractivity contribution >= 4 is 23.1 Å². The lowest BCUT2D eigenvalue weighted by atomic mass is 10.2. The topological polar surface area (TPSA) is 93.2 Å². The zero-order valence-electron chi connectivity index (χ0n) is 18.4. The Labute approximate surface area is 173 Å². The Morgan fingerprint density at radius 3 is 2.59 bits per heavy atom. The third kappa shape index (κ3) is 6.08. The van der Waals surface area contributed by atoms with Crippen molar-refractivity contribution in [3.8, 4) is 0 Å². The molecule has 0 radical (unpaired) electrons. The van der Waals surface area contributed by atoms with Crippen LogP contribution in [0.1, 0.15) is 44.8 Å². The molecule has 1 unspecified atom stereocenters. The van der Waals surface area contributed by atoms with Crippen LogP contribution in [-0.4, -0.2) is 75.6 Å². The number of carbonyl (C=O) groups excluding carboxylic acids is 1. The van der Waals surface area contributed by atoms with Gasteiger partial charge in [0.1, 0.15) is 18.4 Å². The van der Waals surface area contributed by atoms with Gasteiger partial charge in [0.2, 0.25) is 0 Å². The standard InChI is InChI=1S/C11H16N6.C8H13NO.C2H6/c1-7-9-10(12)13-6-14-11(9)17(15-7)8-3-4-16(2)5-8;1-9(8-4-5-8)6-2-3-7-10;1-2/h6,8H,3-5H2,1-2H3,(H2,12,13,14);2-3,7-8H,4-6H2,1H3;1-2H3/b;3-2+;. The van der Waals surface area contributed by atoms with Crippen LogP contribution in [0.25, 0.3) is 11.0 Å². The first-order valence-electron chi connectivity index (χ1n) is 10.5. The number of allylic oxidation sites excluding steroid dienone is 1. The van der Waals surface area contributed by atoms with Gasteiger partial charge >= 0.3 is 0 Å². The number of likely N-dealkylation sites (tertiary alicyclic amines) is 1. The van der Waals surface area contributed by atoms with Crippen LogP contribution in [0.15, 0.2) is 18.5 Å². The van der Waals surface area contributed by atoms with Crippen molar-refractivity contribution in [2.75, 3.05) is 39.5 Å². The van der Waals surface area contributed by atoms with Gasteiger partial charge in [-0.25, -0.2) is 14.6 Å². The molecule has 2 aliphatic rings. The molecule has 0 aromatic carbocycles. The summed E-state index contributed by atoms with van der Waals surface area (Å²) in [6, 6.07) is 1.18. The van der Waals surface area contributed by atoms with Crippen molar-refractivity contribution in [2.45, 2.75) is 52.1 Å². The van der Waals surface area contributed by atoms with Crippen molar-refractivity contribution in [3.05, 3.63) is 24.2 Å². The largest absolute Gasteiger partial charge is 0.383 e. The van der Waals surface area contributed by atoms with Gasteiger partial charge in [-0.2, -0.15) is 5.10 Å². The minimum atomic E-state index is 0.394. The van der Waals surface area contributed by atoms with E-state index < -0.39 is 0 Å². The number of likely N-dealkylation sites (N-methyl/N-ethyl adjacent to an activating group) is 2. The van der Waals surface area contributed by atoms with Crippen molar-refractivity contribution in [1.82, 2.24) is 29.5 Å². The average molecular weight is 402 g/mol. The predicted octanol–water partition coefficient (Wildman–Crippen LogP) is 2.46. The Morgan fingerprint density at radius 1 is 1.28 bits per heavy atom. The molecule has 0 amide bonds. The van der Waals surface area contributed by atoms with Crippen LogP contribution in [0.2, 0.25) is 0 Å². The highest BCUT2D eigenvalue weighted by molar-refractivity contribution is 5.87. The Kier molecular flexibility index (Phi) is 8.72. The van der Waals surface area contributed by atoms with E-state index >= 15 is 0 Å². The summed E-state index contributed by atoms with van der Waals surface area (Å²) >= 11 is 0. The minimum Gasteiger partial charge on any atom is -0.383 e. The fourth-order valence-corrected chi connectivity index (χ4v) is 3.48. The van der Waals surface area contributed by atoms with Crippen LogP contribution in [0.5, 0.6) is 0 Å². The van der Waals surface area contributed by atoms with Crippen LogP contribution >= 0.6 is 0 Å². The van der Waals surface area contributed by atoms with Gasteiger partial charge < -0.3 is 10.6 Å². The molecule has 0 bridgehead atoms. The highest BCUT2D eigenvalue weighted by Gasteiger charge is 2.25. The molecule has 2 aromatic heterocycles. The number of carbonyl (C=O) groups is 1. The molecular formula is C21H35N7O. The smallest absolute Gasteiger partial charge is 0.163 e. The molecule has 4 rings (SSSR count). The summed E-state index contributed by atoms with van der Waals surface area (Å²) < 4.78 is 2.01. The molecule has 1 aliphatic carbocycles. The molecular weight excluding hydrogens is 366 g/mol. The van der Waals surface area contributed by atoms with Gasteiger partial charge in [-0.3, -0.25) is 9.69 Å². The first-order valence-corrected chi connectivity index (χ1v) is 10.5. The van der Waals surface area contributed by atoms with Crippen LogP contribution < -0.4 is 5.73 Å². The Morgan fingerprint density at radius 2 is 2.00 bits per heavy atom. The van der Waals surface area contributed by atoms with Crippen LogP contribution in [0.4, 0.5) is 5.82 Å². The zero-order valence-corrected chi connectivity index (χ0v) is 18.4. The number of hydrogen-bond acceptors (Lipinski definition) is 7. The normalized spacial score (nSPS) is 19.2. The molecule has 8 heteroatoms. The number of aryl methyl sites for hydroxylation is 1. The molecule has 29 heavy (non-hydrogen) atoms. The number of nitrogen functional groups attached to an aromatic ring is 1. The lowest BCUT2D eigenvalue weighted by Crippen LogP contribution is -2.20. The number of nitrogens with two attached hydrogens (primary N) is 1. The molecule has 0 spiro atoms. The maximum Gasteiger partial charge on any atom is 0.163 e. The molecule has 2 N–H and O–H groups in total. The van der Waals surface area contributed by atoms with Gasteiger partial charge in [0, 0.05) is 25.7 Å². The van der Waals surface area contributed by atoms with Gasteiger partial charge in [0.15, 0.2) is 5.65 Å². The molecule has 1 saturated heterocycles. The minimum absolute atomic E-state index is 0.394. The highest BCUT2D eigenvalue weighted by atomic mass is 16.1. The molecule has 3 heterocycles. The quantitative estimate of drug-likeness (QED) is 0.607. The maximum atomic E-state index is 9.87. The van der Waals surface area contributed by atoms with Crippen molar-refractivity contribution in [2.24, 2.45) is 0 Å². The molecule has 1 saturated carbocycles. The summed E-state index contributed by atoms with van der Waals surface area (Å²) in [5, 5.41) is 5.47. The second-order valence-electron chi connectivity index (χ2n) is 7.43. The highest BCUT2D eigenvalue weighted by Crippen LogP contribution is 2.27. The van der Waals surface area contributed by atoms with E-state index in [0.717, 1.165) is 55.1 Å². The van der Waals surface area contributed by atoms with Crippen LogP contribution in [0, 0.1) is 6.92 Å². The second kappa shape index (κ2) is 11.0. The predicted molar refractivity (Wildman–Crippen MR) is 118 cm³/mol. The summed E-state index contributed by atoms with van der Waals surface area (Å²) in [4.78, 5) is 22.8. The number of fused-ring (bicyclic) bond motifs is 1. The van der Waals surface area contributed by atoms with Gasteiger partial charge in [0.05, 0.1) is 17.1 Å². The van der Waals surface area contributed by atoms with Crippen molar-refractivity contribution in [3.63, 3.8) is 0 Å². The molecule has 2 aromatic rings. The second-order valence-corrected chi connectivity index (χ2v) is 7.43. The van der Waals surface area contributed by atoms with E-state index in [9.17, 15) is 4.79 Å². The molecule has 1 atom stereocenters. The number of aromatic nitrogens is 4. The SMILES string of the molecule is CC.CN(C/C=C/C=O)C1CC1.Cc1nn(C2CCN(C)C2)c2ncnc(N)c12. The fourth-order valence-electron chi connectivity index (χ4n) is 3.48. The van der Waals surface area contributed by atoms with Gasteiger partial charge in [-0.05, 0) is 46.4 Å². The van der Waals surface area contributed by atoms with E-state index in [0.29, 0.717) is 11.9 Å². The van der Waals surface area contributed by atoms with E-state index in [-0.39, 0.29) is 0 Å². The summed E-state index contributed by atoms with van der Waals surface area (Å²) in [6.45, 7) is 8.98. The number of anilines is 1. The number of rotatable bonds is 5. The molecule has 160 valence electrons. The van der Waals surface area contributed by atoms with Gasteiger partial charge in [-0.15, -0.1) is 0 Å². The summed E-state index contributed by atoms with van der Waals surface area (Å²) in [6.07, 6.45) is 9.53. The number of nitrogens with zero attached hydrogens (tertiary/aromatic N) is 6. The third-order valence-corrected chi connectivity index (χ3v) is 5.18. The fraction of sp³-hybridized carbons (Fsp3) is 0.619. The van der Waals surface area contributed by atoms with E-state index in [2.05, 4.69) is 39.0 Å². The lowest BCUT2D eigenvalue weighted by molar-refractivity contribution is -0.104. The Balaban J connectivity index is 0.000000215. The van der Waals surface area contributed by atoms with E-state index in [1.807, 2.05) is 31.5 Å². The molecule has 2 fully saturated rings. The van der Waals surface area contributed by atoms with Crippen molar-refractivity contribution in [1.29, 1.82) is 0 Å². The summed E-state index contributed by atoms with van der Waals surface area (Å²) in [5.74, 6) is 0.519. The monoisotopic (exact) mass is 401 g/mol. The number of hydrogen-bond donors (Lipinski definition) is 1. The van der Waals surface area contributed by atoms with Crippen LogP contribution in [0.3, 0.4) is 0 Å². The maximum absolute atomic E-state index is 9.87.